The molecule has 1 heterocycles. The summed E-state index contributed by atoms with van der Waals surface area (Å²) < 4.78 is 0. The van der Waals surface area contributed by atoms with E-state index in [1.807, 2.05) is 17.0 Å². The van der Waals surface area contributed by atoms with Crippen LogP contribution in [0.4, 0.5) is 0 Å². The summed E-state index contributed by atoms with van der Waals surface area (Å²) in [5, 5.41) is 3.88. The van der Waals surface area contributed by atoms with Gasteiger partial charge in [-0.05, 0) is 26.0 Å². The minimum atomic E-state index is 0.0245. The fourth-order valence-corrected chi connectivity index (χ4v) is 2.35. The maximum Gasteiger partial charge on any atom is 0.255 e. The summed E-state index contributed by atoms with van der Waals surface area (Å²) in [6, 6.07) is 7.72. The van der Waals surface area contributed by atoms with Crippen molar-refractivity contribution in [2.45, 2.75) is 25.9 Å². The summed E-state index contributed by atoms with van der Waals surface area (Å²) in [6.45, 7) is 5.72. The molecular formula is C13H17ClN2O. The molecule has 0 saturated carbocycles. The first-order chi connectivity index (χ1) is 8.11. The molecule has 4 heteroatoms. The molecule has 2 rings (SSSR count). The molecule has 0 bridgehead atoms. The van der Waals surface area contributed by atoms with Crippen LogP contribution in [0.2, 0.25) is 5.02 Å². The molecule has 1 aromatic rings. The van der Waals surface area contributed by atoms with Crippen molar-refractivity contribution in [2.75, 3.05) is 13.1 Å². The molecule has 1 aliphatic rings. The highest BCUT2D eigenvalue weighted by Gasteiger charge is 2.29. The van der Waals surface area contributed by atoms with Crippen LogP contribution in [0.15, 0.2) is 24.3 Å². The van der Waals surface area contributed by atoms with Gasteiger partial charge < -0.3 is 10.2 Å². The molecular weight excluding hydrogens is 236 g/mol. The maximum absolute atomic E-state index is 12.4. The smallest absolute Gasteiger partial charge is 0.255 e. The van der Waals surface area contributed by atoms with E-state index in [0.29, 0.717) is 16.6 Å². The fourth-order valence-electron chi connectivity index (χ4n) is 2.13. The molecule has 17 heavy (non-hydrogen) atoms. The summed E-state index contributed by atoms with van der Waals surface area (Å²) in [7, 11) is 0. The predicted molar refractivity (Wildman–Crippen MR) is 69.4 cm³/mol. The van der Waals surface area contributed by atoms with Crippen LogP contribution in [-0.2, 0) is 0 Å². The van der Waals surface area contributed by atoms with Crippen molar-refractivity contribution in [3.8, 4) is 0 Å². The van der Waals surface area contributed by atoms with Crippen LogP contribution in [0.3, 0.4) is 0 Å². The third-order valence-electron chi connectivity index (χ3n) is 3.40. The average Bonchev–Trinajstić information content (AvgIpc) is 2.32. The van der Waals surface area contributed by atoms with E-state index in [9.17, 15) is 4.79 Å². The van der Waals surface area contributed by atoms with E-state index in [1.165, 1.54) is 0 Å². The van der Waals surface area contributed by atoms with Crippen molar-refractivity contribution in [2.24, 2.45) is 0 Å². The van der Waals surface area contributed by atoms with Crippen molar-refractivity contribution in [1.82, 2.24) is 10.2 Å². The van der Waals surface area contributed by atoms with E-state index in [-0.39, 0.29) is 11.9 Å². The second-order valence-electron chi connectivity index (χ2n) is 4.46. The molecule has 1 fully saturated rings. The zero-order valence-corrected chi connectivity index (χ0v) is 10.9. The lowest BCUT2D eigenvalue weighted by atomic mass is 10.1. The van der Waals surface area contributed by atoms with Crippen LogP contribution in [0, 0.1) is 0 Å². The average molecular weight is 253 g/mol. The Bertz CT molecular complexity index is 422. The van der Waals surface area contributed by atoms with Crippen LogP contribution in [-0.4, -0.2) is 36.0 Å². The number of carbonyl (C=O) groups excluding carboxylic acids is 1. The number of amides is 1. The number of halogens is 1. The van der Waals surface area contributed by atoms with E-state index < -0.39 is 0 Å². The van der Waals surface area contributed by atoms with Gasteiger partial charge in [0.25, 0.3) is 5.91 Å². The fraction of sp³-hybridized carbons (Fsp3) is 0.462. The van der Waals surface area contributed by atoms with Gasteiger partial charge in [-0.1, -0.05) is 23.7 Å². The molecule has 3 nitrogen and oxygen atoms in total. The number of benzene rings is 1. The molecule has 0 radical (unpaired) electrons. The van der Waals surface area contributed by atoms with Gasteiger partial charge in [0, 0.05) is 25.2 Å². The Morgan fingerprint density at radius 3 is 2.82 bits per heavy atom. The zero-order chi connectivity index (χ0) is 12.4. The van der Waals surface area contributed by atoms with Gasteiger partial charge in [0.15, 0.2) is 0 Å². The third-order valence-corrected chi connectivity index (χ3v) is 3.73. The highest BCUT2D eigenvalue weighted by molar-refractivity contribution is 6.33. The van der Waals surface area contributed by atoms with Crippen LogP contribution in [0.1, 0.15) is 24.2 Å². The zero-order valence-electron chi connectivity index (χ0n) is 10.1. The van der Waals surface area contributed by atoms with E-state index >= 15 is 0 Å². The monoisotopic (exact) mass is 252 g/mol. The standard InChI is InChI=1S/C13H17ClN2O/c1-9-10(2)16(8-7-15-9)13(17)11-5-3-4-6-12(11)14/h3-6,9-10,15H,7-8H2,1-2H3. The Balaban J connectivity index is 2.23. The molecule has 2 unspecified atom stereocenters. The van der Waals surface area contributed by atoms with E-state index in [4.69, 9.17) is 11.6 Å². The number of nitrogens with zero attached hydrogens (tertiary/aromatic N) is 1. The molecule has 2 atom stereocenters. The Morgan fingerprint density at radius 1 is 1.41 bits per heavy atom. The molecule has 92 valence electrons. The first-order valence-electron chi connectivity index (χ1n) is 5.90. The molecule has 1 saturated heterocycles. The number of hydrogen-bond acceptors (Lipinski definition) is 2. The van der Waals surface area contributed by atoms with Gasteiger partial charge in [0.1, 0.15) is 0 Å². The highest BCUT2D eigenvalue weighted by Crippen LogP contribution is 2.20. The number of nitrogens with one attached hydrogen (secondary N) is 1. The van der Waals surface area contributed by atoms with Crippen LogP contribution in [0.5, 0.6) is 0 Å². The van der Waals surface area contributed by atoms with E-state index in [0.717, 1.165) is 13.1 Å². The number of piperazine rings is 1. The highest BCUT2D eigenvalue weighted by atomic mass is 35.5. The van der Waals surface area contributed by atoms with Gasteiger partial charge in [0.2, 0.25) is 0 Å². The van der Waals surface area contributed by atoms with Crippen molar-refractivity contribution < 1.29 is 4.79 Å². The Labute approximate surface area is 107 Å². The van der Waals surface area contributed by atoms with E-state index in [2.05, 4.69) is 19.2 Å². The molecule has 0 spiro atoms. The van der Waals surface area contributed by atoms with Crippen molar-refractivity contribution in [3.05, 3.63) is 34.9 Å². The topological polar surface area (TPSA) is 32.3 Å². The number of hydrogen-bond donors (Lipinski definition) is 1. The molecule has 1 aliphatic heterocycles. The van der Waals surface area contributed by atoms with Crippen molar-refractivity contribution in [1.29, 1.82) is 0 Å². The first kappa shape index (κ1) is 12.4. The minimum absolute atomic E-state index is 0.0245. The predicted octanol–water partition coefficient (Wildman–Crippen LogP) is 2.16. The molecule has 0 aromatic heterocycles. The van der Waals surface area contributed by atoms with Gasteiger partial charge in [-0.3, -0.25) is 4.79 Å². The Morgan fingerprint density at radius 2 is 2.12 bits per heavy atom. The minimum Gasteiger partial charge on any atom is -0.333 e. The second-order valence-corrected chi connectivity index (χ2v) is 4.87. The lowest BCUT2D eigenvalue weighted by molar-refractivity contribution is 0.0603. The SMILES string of the molecule is CC1NCCN(C(=O)c2ccccc2Cl)C1C. The van der Waals surface area contributed by atoms with Gasteiger partial charge in [-0.25, -0.2) is 0 Å². The quantitative estimate of drug-likeness (QED) is 0.831. The lowest BCUT2D eigenvalue weighted by Gasteiger charge is -2.38. The summed E-state index contributed by atoms with van der Waals surface area (Å²) in [4.78, 5) is 14.3. The molecule has 1 N–H and O–H groups in total. The summed E-state index contributed by atoms with van der Waals surface area (Å²) >= 11 is 6.06. The van der Waals surface area contributed by atoms with Gasteiger partial charge >= 0.3 is 0 Å². The van der Waals surface area contributed by atoms with Crippen molar-refractivity contribution >= 4 is 17.5 Å². The Hall–Kier alpha value is -1.06. The van der Waals surface area contributed by atoms with Gasteiger partial charge in [-0.15, -0.1) is 0 Å². The van der Waals surface area contributed by atoms with E-state index in [1.54, 1.807) is 12.1 Å². The summed E-state index contributed by atoms with van der Waals surface area (Å²) in [5.41, 5.74) is 0.593. The van der Waals surface area contributed by atoms with Crippen LogP contribution in [0.25, 0.3) is 0 Å². The first-order valence-corrected chi connectivity index (χ1v) is 6.28. The third kappa shape index (κ3) is 2.45. The second kappa shape index (κ2) is 5.07. The van der Waals surface area contributed by atoms with Gasteiger partial charge in [0.05, 0.1) is 10.6 Å². The summed E-state index contributed by atoms with van der Waals surface area (Å²) in [6.07, 6.45) is 0. The summed E-state index contributed by atoms with van der Waals surface area (Å²) in [5.74, 6) is 0.0245. The molecule has 1 aromatic carbocycles. The Kier molecular flexibility index (Phi) is 3.69. The van der Waals surface area contributed by atoms with Crippen LogP contribution >= 0.6 is 11.6 Å². The maximum atomic E-state index is 12.4. The normalized spacial score (nSPS) is 24.8. The largest absolute Gasteiger partial charge is 0.333 e. The van der Waals surface area contributed by atoms with Gasteiger partial charge in [-0.2, -0.15) is 0 Å². The number of carbonyl (C=O) groups is 1. The van der Waals surface area contributed by atoms with Crippen molar-refractivity contribution in [3.63, 3.8) is 0 Å². The van der Waals surface area contributed by atoms with Crippen LogP contribution < -0.4 is 5.32 Å². The molecule has 0 aliphatic carbocycles. The molecule has 1 amide bonds. The lowest BCUT2D eigenvalue weighted by Crippen LogP contribution is -2.57. The number of rotatable bonds is 1.